The quantitative estimate of drug-likeness (QED) is 0.813. The highest BCUT2D eigenvalue weighted by Crippen LogP contribution is 2.33. The van der Waals surface area contributed by atoms with Crippen LogP contribution in [-0.4, -0.2) is 21.7 Å². The number of halogens is 2. The van der Waals surface area contributed by atoms with E-state index in [2.05, 4.69) is 20.5 Å². The van der Waals surface area contributed by atoms with Crippen LogP contribution < -0.4 is 5.32 Å². The van der Waals surface area contributed by atoms with Crippen LogP contribution in [0.25, 0.3) is 0 Å². The summed E-state index contributed by atoms with van der Waals surface area (Å²) in [5.74, 6) is 1.47. The normalized spacial score (nSPS) is 15.3. The molecule has 0 radical (unpaired) electrons. The lowest BCUT2D eigenvalue weighted by Gasteiger charge is -2.05. The molecule has 1 aromatic heterocycles. The fraction of sp³-hybridized carbons (Fsp3) is 0.667. The van der Waals surface area contributed by atoms with E-state index in [0.29, 0.717) is 5.82 Å². The van der Waals surface area contributed by atoms with Crippen molar-refractivity contribution in [2.45, 2.75) is 25.7 Å². The van der Waals surface area contributed by atoms with E-state index < -0.39 is 0 Å². The highest BCUT2D eigenvalue weighted by atomic mass is 35.5. The number of nitrogens with one attached hydrogen (secondary N) is 1. The summed E-state index contributed by atoms with van der Waals surface area (Å²) < 4.78 is 0. The number of anilines is 1. The number of hydrogen-bond acceptors (Lipinski definition) is 4. The first-order chi connectivity index (χ1) is 7.25. The lowest BCUT2D eigenvalue weighted by atomic mass is 10.2. The number of nitrogens with zero attached hydrogens (tertiary/aromatic N) is 3. The smallest absolute Gasteiger partial charge is 0.245 e. The van der Waals surface area contributed by atoms with Gasteiger partial charge in [0, 0.05) is 6.54 Å². The summed E-state index contributed by atoms with van der Waals surface area (Å²) in [5.41, 5.74) is 0. The van der Waals surface area contributed by atoms with Gasteiger partial charge in [-0.15, -0.1) is 10.2 Å². The van der Waals surface area contributed by atoms with Crippen molar-refractivity contribution >= 4 is 29.0 Å². The highest BCUT2D eigenvalue weighted by Gasteiger charge is 2.20. The molecule has 1 fully saturated rings. The van der Waals surface area contributed by atoms with Crippen LogP contribution in [0.1, 0.15) is 25.7 Å². The molecular weight excluding hydrogens is 235 g/mol. The van der Waals surface area contributed by atoms with E-state index >= 15 is 0 Å². The molecule has 1 N–H and O–H groups in total. The van der Waals surface area contributed by atoms with E-state index in [1.165, 1.54) is 19.3 Å². The first-order valence-corrected chi connectivity index (χ1v) is 5.81. The first-order valence-electron chi connectivity index (χ1n) is 5.05. The molecule has 1 aliphatic rings. The van der Waals surface area contributed by atoms with Crippen molar-refractivity contribution in [3.05, 3.63) is 10.4 Å². The summed E-state index contributed by atoms with van der Waals surface area (Å²) in [7, 11) is 0. The van der Waals surface area contributed by atoms with Crippen molar-refractivity contribution < 1.29 is 0 Å². The van der Waals surface area contributed by atoms with Crippen LogP contribution in [0.2, 0.25) is 10.4 Å². The average molecular weight is 247 g/mol. The largest absolute Gasteiger partial charge is 0.367 e. The van der Waals surface area contributed by atoms with Crippen molar-refractivity contribution in [1.82, 2.24) is 15.2 Å². The summed E-state index contributed by atoms with van der Waals surface area (Å²) in [4.78, 5) is 3.95. The van der Waals surface area contributed by atoms with Crippen LogP contribution in [0.5, 0.6) is 0 Å². The van der Waals surface area contributed by atoms with E-state index in [4.69, 9.17) is 23.2 Å². The molecule has 0 bridgehead atoms. The highest BCUT2D eigenvalue weighted by molar-refractivity contribution is 6.32. The molecule has 0 spiro atoms. The first kappa shape index (κ1) is 10.9. The maximum atomic E-state index is 5.79. The molecule has 0 atom stereocenters. The Morgan fingerprint density at radius 2 is 2.07 bits per heavy atom. The van der Waals surface area contributed by atoms with Crippen molar-refractivity contribution in [2.24, 2.45) is 5.92 Å². The Kier molecular flexibility index (Phi) is 3.59. The van der Waals surface area contributed by atoms with Gasteiger partial charge in [-0.1, -0.05) is 24.4 Å². The average Bonchev–Trinajstić information content (AvgIpc) is 3.01. The predicted molar refractivity (Wildman–Crippen MR) is 60.3 cm³/mol. The van der Waals surface area contributed by atoms with Crippen LogP contribution in [-0.2, 0) is 0 Å². The van der Waals surface area contributed by atoms with E-state index in [1.54, 1.807) is 0 Å². The van der Waals surface area contributed by atoms with Gasteiger partial charge in [-0.2, -0.15) is 4.98 Å². The van der Waals surface area contributed by atoms with Gasteiger partial charge in [0.2, 0.25) is 5.28 Å². The van der Waals surface area contributed by atoms with Gasteiger partial charge >= 0.3 is 0 Å². The van der Waals surface area contributed by atoms with Crippen LogP contribution in [0, 0.1) is 5.92 Å². The monoisotopic (exact) mass is 246 g/mol. The summed E-state index contributed by atoms with van der Waals surface area (Å²) >= 11 is 11.4. The summed E-state index contributed by atoms with van der Waals surface area (Å²) in [6.07, 6.45) is 5.18. The predicted octanol–water partition coefficient (Wildman–Crippen LogP) is 2.78. The van der Waals surface area contributed by atoms with Crippen LogP contribution in [0.15, 0.2) is 0 Å². The lowest BCUT2D eigenvalue weighted by Crippen LogP contribution is -2.06. The number of hydrogen-bond donors (Lipinski definition) is 1. The van der Waals surface area contributed by atoms with E-state index in [9.17, 15) is 0 Å². The van der Waals surface area contributed by atoms with Gasteiger partial charge in [-0.25, -0.2) is 0 Å². The fourth-order valence-electron chi connectivity index (χ4n) is 1.41. The second-order valence-corrected chi connectivity index (χ2v) is 4.43. The summed E-state index contributed by atoms with van der Waals surface area (Å²) in [6.45, 7) is 0.852. The molecule has 1 aromatic rings. The Morgan fingerprint density at radius 1 is 1.27 bits per heavy atom. The van der Waals surface area contributed by atoms with Crippen LogP contribution in [0.3, 0.4) is 0 Å². The zero-order valence-corrected chi connectivity index (χ0v) is 9.72. The molecule has 0 aromatic carbocycles. The number of rotatable bonds is 5. The van der Waals surface area contributed by atoms with Crippen molar-refractivity contribution in [1.29, 1.82) is 0 Å². The molecule has 2 rings (SSSR count). The van der Waals surface area contributed by atoms with Gasteiger partial charge in [-0.05, 0) is 30.4 Å². The van der Waals surface area contributed by atoms with E-state index in [0.717, 1.165) is 18.9 Å². The molecule has 6 heteroatoms. The third kappa shape index (κ3) is 3.47. The topological polar surface area (TPSA) is 50.7 Å². The maximum Gasteiger partial charge on any atom is 0.245 e. The summed E-state index contributed by atoms with van der Waals surface area (Å²) in [5, 5.41) is 10.7. The zero-order valence-electron chi connectivity index (χ0n) is 8.21. The minimum Gasteiger partial charge on any atom is -0.367 e. The minimum absolute atomic E-state index is 0.115. The molecule has 4 nitrogen and oxygen atoms in total. The third-order valence-electron chi connectivity index (χ3n) is 2.40. The van der Waals surface area contributed by atoms with Gasteiger partial charge in [0.05, 0.1) is 0 Å². The van der Waals surface area contributed by atoms with Crippen molar-refractivity contribution in [3.8, 4) is 0 Å². The Balaban J connectivity index is 1.78. The zero-order chi connectivity index (χ0) is 10.7. The minimum atomic E-state index is 0.115. The molecule has 0 aliphatic heterocycles. The molecule has 1 aliphatic carbocycles. The molecule has 1 heterocycles. The van der Waals surface area contributed by atoms with Crippen LogP contribution >= 0.6 is 23.2 Å². The number of aromatic nitrogens is 3. The molecule has 15 heavy (non-hydrogen) atoms. The van der Waals surface area contributed by atoms with Gasteiger partial charge in [0.15, 0.2) is 11.0 Å². The molecule has 0 saturated heterocycles. The van der Waals surface area contributed by atoms with Crippen molar-refractivity contribution in [2.75, 3.05) is 11.9 Å². The standard InChI is InChI=1S/C9H12Cl2N4/c10-7-8(13-9(11)15-14-7)12-5-1-2-6-3-4-6/h6H,1-5H2,(H,12,13,15). The Hall–Kier alpha value is -0.610. The van der Waals surface area contributed by atoms with Gasteiger partial charge < -0.3 is 5.32 Å². The SMILES string of the molecule is Clc1nnc(Cl)c(NCCCC2CC2)n1. The summed E-state index contributed by atoms with van der Waals surface area (Å²) in [6, 6.07) is 0. The Labute approximate surface area is 98.4 Å². The lowest BCUT2D eigenvalue weighted by molar-refractivity contribution is 0.686. The van der Waals surface area contributed by atoms with E-state index in [1.807, 2.05) is 0 Å². The molecule has 0 amide bonds. The molecule has 82 valence electrons. The molecule has 0 unspecified atom stereocenters. The van der Waals surface area contributed by atoms with Crippen molar-refractivity contribution in [3.63, 3.8) is 0 Å². The fourth-order valence-corrected chi connectivity index (χ4v) is 1.68. The maximum absolute atomic E-state index is 5.79. The van der Waals surface area contributed by atoms with Gasteiger partial charge in [0.1, 0.15) is 0 Å². The van der Waals surface area contributed by atoms with E-state index in [-0.39, 0.29) is 10.4 Å². The van der Waals surface area contributed by atoms with Crippen LogP contribution in [0.4, 0.5) is 5.82 Å². The van der Waals surface area contributed by atoms with Gasteiger partial charge in [0.25, 0.3) is 0 Å². The third-order valence-corrected chi connectivity index (χ3v) is 2.81. The van der Waals surface area contributed by atoms with Gasteiger partial charge in [-0.3, -0.25) is 0 Å². The Morgan fingerprint density at radius 3 is 2.80 bits per heavy atom. The second kappa shape index (κ2) is 4.94. The molecule has 1 saturated carbocycles. The molecular formula is C9H12Cl2N4. The Bertz CT molecular complexity index is 341. The second-order valence-electron chi connectivity index (χ2n) is 3.73.